The van der Waals surface area contributed by atoms with Crippen LogP contribution in [-0.4, -0.2) is 41.7 Å². The van der Waals surface area contributed by atoms with Gasteiger partial charge in [-0.05, 0) is 43.2 Å². The number of carbonyl (C=O) groups is 3. The van der Waals surface area contributed by atoms with Crippen LogP contribution in [0, 0.1) is 11.8 Å². The topological polar surface area (TPSA) is 119 Å². The summed E-state index contributed by atoms with van der Waals surface area (Å²) in [5, 5.41) is 2.76. The van der Waals surface area contributed by atoms with E-state index in [2.05, 4.69) is 10.3 Å². The number of anilines is 1. The largest absolute Gasteiger partial charge is 0.423 e. The Morgan fingerprint density at radius 2 is 1.81 bits per heavy atom. The van der Waals surface area contributed by atoms with Gasteiger partial charge in [-0.25, -0.2) is 0 Å². The number of hydrogen-bond acceptors (Lipinski definition) is 6. The van der Waals surface area contributed by atoms with E-state index in [4.69, 9.17) is 10.2 Å². The van der Waals surface area contributed by atoms with Crippen LogP contribution in [0.5, 0.6) is 0 Å². The van der Waals surface area contributed by atoms with Crippen molar-refractivity contribution in [3.8, 4) is 0 Å². The number of benzene rings is 1. The molecule has 3 N–H and O–H groups in total. The minimum atomic E-state index is -1.01. The summed E-state index contributed by atoms with van der Waals surface area (Å²) in [4.78, 5) is 43.1. The quantitative estimate of drug-likeness (QED) is 0.564. The number of aromatic nitrogens is 1. The van der Waals surface area contributed by atoms with E-state index in [1.54, 1.807) is 0 Å². The van der Waals surface area contributed by atoms with Crippen molar-refractivity contribution >= 4 is 34.7 Å². The maximum absolute atomic E-state index is 12.9. The number of primary amides is 1. The number of nitrogens with one attached hydrogen (secondary N) is 1. The Morgan fingerprint density at radius 3 is 2.45 bits per heavy atom. The molecule has 0 spiro atoms. The van der Waals surface area contributed by atoms with Gasteiger partial charge in [0.25, 0.3) is 11.9 Å². The van der Waals surface area contributed by atoms with E-state index in [0.29, 0.717) is 36.4 Å². The van der Waals surface area contributed by atoms with Crippen molar-refractivity contribution in [3.63, 3.8) is 0 Å². The van der Waals surface area contributed by atoms with Crippen molar-refractivity contribution in [1.82, 2.24) is 10.3 Å². The molecular formula is C23H30N4O4. The maximum atomic E-state index is 12.9. The smallest absolute Gasteiger partial charge is 0.298 e. The van der Waals surface area contributed by atoms with E-state index in [0.717, 1.165) is 37.6 Å². The van der Waals surface area contributed by atoms with E-state index in [1.807, 2.05) is 29.2 Å². The van der Waals surface area contributed by atoms with Crippen molar-refractivity contribution < 1.29 is 18.8 Å². The lowest BCUT2D eigenvalue weighted by molar-refractivity contribution is -0.138. The fourth-order valence-electron chi connectivity index (χ4n) is 4.59. The molecule has 2 aliphatic carbocycles. The molecule has 1 aromatic heterocycles. The highest BCUT2D eigenvalue weighted by Gasteiger charge is 2.31. The Balaban J connectivity index is 1.48. The van der Waals surface area contributed by atoms with E-state index in [-0.39, 0.29) is 12.5 Å². The lowest BCUT2D eigenvalue weighted by Crippen LogP contribution is -2.50. The summed E-state index contributed by atoms with van der Waals surface area (Å²) in [6.07, 6.45) is 8.20. The van der Waals surface area contributed by atoms with Gasteiger partial charge in [0.05, 0.1) is 6.04 Å². The third-order valence-electron chi connectivity index (χ3n) is 6.53. The Hall–Kier alpha value is -2.90. The van der Waals surface area contributed by atoms with E-state index in [1.165, 1.54) is 12.8 Å². The first kappa shape index (κ1) is 21.3. The van der Waals surface area contributed by atoms with Gasteiger partial charge in [-0.15, -0.1) is 0 Å². The molecule has 2 aromatic rings. The SMILES string of the molecule is NC(=O)C(=O)C(CC1CCC1)NC(=O)CN(CC1CCCC1)c1nc2ccccc2o1. The minimum Gasteiger partial charge on any atom is -0.423 e. The number of rotatable bonds is 10. The first-order chi connectivity index (χ1) is 15.0. The summed E-state index contributed by atoms with van der Waals surface area (Å²) in [7, 11) is 0. The molecule has 0 radical (unpaired) electrons. The molecule has 1 unspecified atom stereocenters. The minimum absolute atomic E-state index is 0.0104. The second-order valence-electron chi connectivity index (χ2n) is 8.88. The number of para-hydroxylation sites is 2. The zero-order valence-corrected chi connectivity index (χ0v) is 17.7. The lowest BCUT2D eigenvalue weighted by Gasteiger charge is -2.29. The number of ketones is 1. The maximum Gasteiger partial charge on any atom is 0.298 e. The van der Waals surface area contributed by atoms with Crippen LogP contribution in [0.3, 0.4) is 0 Å². The number of amides is 2. The molecule has 2 aliphatic rings. The van der Waals surface area contributed by atoms with Gasteiger partial charge in [-0.1, -0.05) is 44.2 Å². The van der Waals surface area contributed by atoms with E-state index in [9.17, 15) is 14.4 Å². The predicted octanol–water partition coefficient (Wildman–Crippen LogP) is 2.55. The Morgan fingerprint density at radius 1 is 1.10 bits per heavy atom. The summed E-state index contributed by atoms with van der Waals surface area (Å²) in [5.74, 6) is -1.25. The van der Waals surface area contributed by atoms with Gasteiger partial charge in [0, 0.05) is 6.54 Å². The average molecular weight is 427 g/mol. The molecule has 1 aromatic carbocycles. The van der Waals surface area contributed by atoms with Crippen LogP contribution in [0.15, 0.2) is 28.7 Å². The standard InChI is InChI=1S/C23H30N4O4/c24-22(30)21(29)18(12-15-8-5-9-15)25-20(28)14-27(13-16-6-1-2-7-16)23-26-17-10-3-4-11-19(17)31-23/h3-4,10-11,15-16,18H,1-2,5-9,12-14H2,(H2,24,30)(H,25,28). The summed E-state index contributed by atoms with van der Waals surface area (Å²) in [6.45, 7) is 0.674. The molecule has 0 bridgehead atoms. The number of carbonyl (C=O) groups excluding carboxylic acids is 3. The van der Waals surface area contributed by atoms with Gasteiger partial charge in [0.15, 0.2) is 5.58 Å². The van der Waals surface area contributed by atoms with E-state index >= 15 is 0 Å². The molecule has 8 heteroatoms. The number of nitrogens with two attached hydrogens (primary N) is 1. The Bertz CT molecular complexity index is 913. The monoisotopic (exact) mass is 426 g/mol. The molecule has 1 heterocycles. The Labute approximate surface area is 181 Å². The zero-order chi connectivity index (χ0) is 21.8. The third-order valence-corrected chi connectivity index (χ3v) is 6.53. The third kappa shape index (κ3) is 5.24. The van der Waals surface area contributed by atoms with Crippen LogP contribution >= 0.6 is 0 Å². The number of hydrogen-bond donors (Lipinski definition) is 2. The van der Waals surface area contributed by atoms with Gasteiger partial charge in [0.2, 0.25) is 11.7 Å². The molecule has 8 nitrogen and oxygen atoms in total. The fraction of sp³-hybridized carbons (Fsp3) is 0.565. The first-order valence-corrected chi connectivity index (χ1v) is 11.2. The molecule has 2 saturated carbocycles. The van der Waals surface area contributed by atoms with Crippen molar-refractivity contribution in [1.29, 1.82) is 0 Å². The highest BCUT2D eigenvalue weighted by Crippen LogP contribution is 2.31. The van der Waals surface area contributed by atoms with Crippen LogP contribution < -0.4 is 16.0 Å². The lowest BCUT2D eigenvalue weighted by atomic mass is 9.80. The molecule has 1 atom stereocenters. The summed E-state index contributed by atoms with van der Waals surface area (Å²) in [6, 6.07) is 7.03. The normalized spacial score (nSPS) is 17.9. The second-order valence-corrected chi connectivity index (χ2v) is 8.88. The molecule has 2 fully saturated rings. The number of oxazole rings is 1. The van der Waals surface area contributed by atoms with Crippen LogP contribution in [0.1, 0.15) is 51.4 Å². The highest BCUT2D eigenvalue weighted by atomic mass is 16.4. The van der Waals surface area contributed by atoms with Crippen molar-refractivity contribution in [2.75, 3.05) is 18.0 Å². The van der Waals surface area contributed by atoms with Gasteiger partial charge >= 0.3 is 0 Å². The number of Topliss-reactive ketones (excluding diaryl/α,β-unsaturated/α-hetero) is 1. The molecule has 31 heavy (non-hydrogen) atoms. The van der Waals surface area contributed by atoms with Gasteiger partial charge in [-0.3, -0.25) is 14.4 Å². The molecule has 166 valence electrons. The first-order valence-electron chi connectivity index (χ1n) is 11.2. The number of fused-ring (bicyclic) bond motifs is 1. The van der Waals surface area contributed by atoms with Crippen molar-refractivity contribution in [3.05, 3.63) is 24.3 Å². The van der Waals surface area contributed by atoms with Gasteiger partial charge in [0.1, 0.15) is 12.1 Å². The zero-order valence-electron chi connectivity index (χ0n) is 17.7. The summed E-state index contributed by atoms with van der Waals surface area (Å²) >= 11 is 0. The number of nitrogens with zero attached hydrogens (tertiary/aromatic N) is 2. The molecular weight excluding hydrogens is 396 g/mol. The molecule has 2 amide bonds. The van der Waals surface area contributed by atoms with Gasteiger partial charge in [-0.2, -0.15) is 4.98 Å². The van der Waals surface area contributed by atoms with Crippen LogP contribution in [0.25, 0.3) is 11.1 Å². The Kier molecular flexibility index (Phi) is 6.53. The van der Waals surface area contributed by atoms with Crippen LogP contribution in [0.4, 0.5) is 6.01 Å². The molecule has 0 aliphatic heterocycles. The van der Waals surface area contributed by atoms with E-state index < -0.39 is 17.7 Å². The summed E-state index contributed by atoms with van der Waals surface area (Å²) < 4.78 is 5.92. The van der Waals surface area contributed by atoms with Gasteiger partial charge < -0.3 is 20.4 Å². The fourth-order valence-corrected chi connectivity index (χ4v) is 4.59. The van der Waals surface area contributed by atoms with Crippen molar-refractivity contribution in [2.45, 2.75) is 57.4 Å². The predicted molar refractivity (Wildman–Crippen MR) is 116 cm³/mol. The van der Waals surface area contributed by atoms with Crippen molar-refractivity contribution in [2.24, 2.45) is 17.6 Å². The molecule has 4 rings (SSSR count). The van der Waals surface area contributed by atoms with Crippen LogP contribution in [-0.2, 0) is 14.4 Å². The van der Waals surface area contributed by atoms with Crippen LogP contribution in [0.2, 0.25) is 0 Å². The average Bonchev–Trinajstić information content (AvgIpc) is 3.37. The highest BCUT2D eigenvalue weighted by molar-refractivity contribution is 6.37. The molecule has 0 saturated heterocycles. The second kappa shape index (κ2) is 9.49. The summed E-state index contributed by atoms with van der Waals surface area (Å²) in [5.41, 5.74) is 6.62.